The Morgan fingerprint density at radius 1 is 1.25 bits per heavy atom. The van der Waals surface area contributed by atoms with Crippen molar-refractivity contribution in [2.24, 2.45) is 0 Å². The standard InChI is InChI=1S/C12H14BrN3/c13-10-12-14-7-4-8-16(12)11(15-10)9-5-2-1-3-6-9/h4,7-9H,1-3,5-6H2. The average molecular weight is 280 g/mol. The Hall–Kier alpha value is -0.900. The second-order valence-electron chi connectivity index (χ2n) is 4.41. The van der Waals surface area contributed by atoms with Crippen molar-refractivity contribution in [3.05, 3.63) is 28.9 Å². The molecule has 0 amide bonds. The van der Waals surface area contributed by atoms with Gasteiger partial charge in [0.25, 0.3) is 0 Å². The summed E-state index contributed by atoms with van der Waals surface area (Å²) in [5.41, 5.74) is 0.933. The molecule has 1 aliphatic rings. The molecular formula is C12H14BrN3. The molecule has 0 atom stereocenters. The molecule has 2 aromatic heterocycles. The quantitative estimate of drug-likeness (QED) is 0.799. The van der Waals surface area contributed by atoms with Crippen molar-refractivity contribution in [3.63, 3.8) is 0 Å². The molecule has 84 valence electrons. The Morgan fingerprint density at radius 3 is 2.88 bits per heavy atom. The molecule has 0 radical (unpaired) electrons. The van der Waals surface area contributed by atoms with Crippen molar-refractivity contribution < 1.29 is 0 Å². The lowest BCUT2D eigenvalue weighted by atomic mass is 9.89. The van der Waals surface area contributed by atoms with Crippen LogP contribution >= 0.6 is 15.9 Å². The van der Waals surface area contributed by atoms with Crippen LogP contribution in [-0.4, -0.2) is 14.4 Å². The van der Waals surface area contributed by atoms with Crippen LogP contribution in [0.1, 0.15) is 43.8 Å². The van der Waals surface area contributed by atoms with Crippen LogP contribution in [0.2, 0.25) is 0 Å². The zero-order valence-corrected chi connectivity index (χ0v) is 10.7. The summed E-state index contributed by atoms with van der Waals surface area (Å²) in [6, 6.07) is 1.97. The summed E-state index contributed by atoms with van der Waals surface area (Å²) < 4.78 is 2.99. The van der Waals surface area contributed by atoms with E-state index in [1.165, 1.54) is 37.9 Å². The number of halogens is 1. The highest BCUT2D eigenvalue weighted by Crippen LogP contribution is 2.33. The normalized spacial score (nSPS) is 18.1. The number of nitrogens with zero attached hydrogens (tertiary/aromatic N) is 3. The third-order valence-corrected chi connectivity index (χ3v) is 3.89. The lowest BCUT2D eigenvalue weighted by molar-refractivity contribution is 0.427. The predicted octanol–water partition coefficient (Wildman–Crippen LogP) is 3.54. The SMILES string of the molecule is Brc1nc(C2CCCCC2)n2cccnc12. The lowest BCUT2D eigenvalue weighted by Gasteiger charge is -2.20. The van der Waals surface area contributed by atoms with Gasteiger partial charge in [-0.05, 0) is 34.8 Å². The average Bonchev–Trinajstić information content (AvgIpc) is 2.69. The van der Waals surface area contributed by atoms with Gasteiger partial charge in [-0.3, -0.25) is 4.40 Å². The van der Waals surface area contributed by atoms with E-state index in [0.717, 1.165) is 10.3 Å². The molecule has 3 rings (SSSR count). The maximum absolute atomic E-state index is 4.63. The topological polar surface area (TPSA) is 30.2 Å². The molecule has 0 N–H and O–H groups in total. The Labute approximate surface area is 103 Å². The minimum absolute atomic E-state index is 0.608. The van der Waals surface area contributed by atoms with Gasteiger partial charge < -0.3 is 0 Å². The first kappa shape index (κ1) is 10.3. The Morgan fingerprint density at radius 2 is 2.06 bits per heavy atom. The number of hydrogen-bond donors (Lipinski definition) is 0. The maximum Gasteiger partial charge on any atom is 0.171 e. The second-order valence-corrected chi connectivity index (χ2v) is 5.16. The first-order valence-electron chi connectivity index (χ1n) is 5.85. The van der Waals surface area contributed by atoms with Gasteiger partial charge in [-0.15, -0.1) is 0 Å². The van der Waals surface area contributed by atoms with Crippen molar-refractivity contribution in [1.82, 2.24) is 14.4 Å². The first-order chi connectivity index (χ1) is 7.86. The Bertz CT molecular complexity index is 500. The van der Waals surface area contributed by atoms with Gasteiger partial charge in [0.05, 0.1) is 0 Å². The molecule has 3 nitrogen and oxygen atoms in total. The van der Waals surface area contributed by atoms with Gasteiger partial charge in [-0.2, -0.15) is 0 Å². The fraction of sp³-hybridized carbons (Fsp3) is 0.500. The number of fused-ring (bicyclic) bond motifs is 1. The van der Waals surface area contributed by atoms with Gasteiger partial charge in [-0.25, -0.2) is 9.97 Å². The molecule has 0 bridgehead atoms. The minimum atomic E-state index is 0.608. The zero-order valence-electron chi connectivity index (χ0n) is 9.06. The van der Waals surface area contributed by atoms with Crippen LogP contribution in [0.15, 0.2) is 23.1 Å². The summed E-state index contributed by atoms with van der Waals surface area (Å²) in [5, 5.41) is 0. The zero-order chi connectivity index (χ0) is 11.0. The molecule has 0 aliphatic heterocycles. The van der Waals surface area contributed by atoms with Crippen molar-refractivity contribution in [1.29, 1.82) is 0 Å². The smallest absolute Gasteiger partial charge is 0.171 e. The van der Waals surface area contributed by atoms with Crippen LogP contribution in [0.3, 0.4) is 0 Å². The highest BCUT2D eigenvalue weighted by atomic mass is 79.9. The molecule has 0 unspecified atom stereocenters. The molecule has 0 spiro atoms. The van der Waals surface area contributed by atoms with Crippen LogP contribution in [0.25, 0.3) is 5.65 Å². The number of hydrogen-bond acceptors (Lipinski definition) is 2. The number of rotatable bonds is 1. The fourth-order valence-corrected chi connectivity index (χ4v) is 3.04. The summed E-state index contributed by atoms with van der Waals surface area (Å²) in [7, 11) is 0. The maximum atomic E-state index is 4.63. The van der Waals surface area contributed by atoms with Gasteiger partial charge in [0.15, 0.2) is 10.3 Å². The van der Waals surface area contributed by atoms with E-state index in [-0.39, 0.29) is 0 Å². The van der Waals surface area contributed by atoms with Crippen LogP contribution in [0, 0.1) is 0 Å². The largest absolute Gasteiger partial charge is 0.287 e. The first-order valence-corrected chi connectivity index (χ1v) is 6.64. The molecule has 0 aromatic carbocycles. The van der Waals surface area contributed by atoms with Gasteiger partial charge in [0.2, 0.25) is 0 Å². The van der Waals surface area contributed by atoms with Crippen molar-refractivity contribution in [2.75, 3.05) is 0 Å². The summed E-state index contributed by atoms with van der Waals surface area (Å²) in [5.74, 6) is 1.78. The van der Waals surface area contributed by atoms with Gasteiger partial charge in [-0.1, -0.05) is 19.3 Å². The highest BCUT2D eigenvalue weighted by molar-refractivity contribution is 9.10. The van der Waals surface area contributed by atoms with Gasteiger partial charge in [0, 0.05) is 18.3 Å². The van der Waals surface area contributed by atoms with E-state index in [9.17, 15) is 0 Å². The third kappa shape index (κ3) is 1.65. The van der Waals surface area contributed by atoms with E-state index in [0.29, 0.717) is 5.92 Å². The summed E-state index contributed by atoms with van der Waals surface area (Å²) in [6.45, 7) is 0. The van der Waals surface area contributed by atoms with Crippen LogP contribution in [0.4, 0.5) is 0 Å². The molecule has 16 heavy (non-hydrogen) atoms. The van der Waals surface area contributed by atoms with E-state index in [4.69, 9.17) is 0 Å². The van der Waals surface area contributed by atoms with Crippen molar-refractivity contribution >= 4 is 21.6 Å². The molecule has 1 saturated carbocycles. The second kappa shape index (κ2) is 4.17. The van der Waals surface area contributed by atoms with E-state index >= 15 is 0 Å². The lowest BCUT2D eigenvalue weighted by Crippen LogP contribution is -2.08. The predicted molar refractivity (Wildman–Crippen MR) is 66.5 cm³/mol. The Balaban J connectivity index is 2.08. The van der Waals surface area contributed by atoms with Crippen LogP contribution < -0.4 is 0 Å². The van der Waals surface area contributed by atoms with E-state index in [1.54, 1.807) is 0 Å². The van der Waals surface area contributed by atoms with Gasteiger partial charge in [0.1, 0.15) is 5.82 Å². The van der Waals surface area contributed by atoms with E-state index < -0.39 is 0 Å². The molecule has 2 heterocycles. The van der Waals surface area contributed by atoms with Crippen molar-refractivity contribution in [3.8, 4) is 0 Å². The van der Waals surface area contributed by atoms with Gasteiger partial charge >= 0.3 is 0 Å². The molecule has 1 fully saturated rings. The summed E-state index contributed by atoms with van der Waals surface area (Å²) >= 11 is 3.49. The minimum Gasteiger partial charge on any atom is -0.287 e. The monoisotopic (exact) mass is 279 g/mol. The summed E-state index contributed by atoms with van der Waals surface area (Å²) in [4.78, 5) is 8.98. The molecule has 1 aliphatic carbocycles. The van der Waals surface area contributed by atoms with E-state index in [2.05, 4.69) is 36.5 Å². The number of aromatic nitrogens is 3. The Kier molecular flexibility index (Phi) is 2.67. The molecule has 2 aromatic rings. The van der Waals surface area contributed by atoms with Crippen LogP contribution in [0.5, 0.6) is 0 Å². The van der Waals surface area contributed by atoms with E-state index in [1.807, 2.05) is 12.3 Å². The molecule has 4 heteroatoms. The molecule has 0 saturated heterocycles. The summed E-state index contributed by atoms with van der Waals surface area (Å²) in [6.07, 6.45) is 10.4. The third-order valence-electron chi connectivity index (χ3n) is 3.36. The molecular weight excluding hydrogens is 266 g/mol. The fourth-order valence-electron chi connectivity index (χ4n) is 2.56. The van der Waals surface area contributed by atoms with Crippen LogP contribution in [-0.2, 0) is 0 Å². The highest BCUT2D eigenvalue weighted by Gasteiger charge is 2.21. The van der Waals surface area contributed by atoms with Crippen molar-refractivity contribution in [2.45, 2.75) is 38.0 Å². The number of imidazole rings is 1.